The van der Waals surface area contributed by atoms with Crippen molar-refractivity contribution in [1.82, 2.24) is 0 Å². The minimum absolute atomic E-state index is 0.249. The Morgan fingerprint density at radius 2 is 2.08 bits per heavy atom. The molecule has 1 aliphatic rings. The van der Waals surface area contributed by atoms with E-state index in [1.165, 1.54) is 6.92 Å². The number of carbonyl (C=O) groups is 1. The fourth-order valence-corrected chi connectivity index (χ4v) is 2.39. The van der Waals surface area contributed by atoms with Crippen molar-refractivity contribution in [2.24, 2.45) is 0 Å². The van der Waals surface area contributed by atoms with Gasteiger partial charge in [0.15, 0.2) is 5.44 Å². The van der Waals surface area contributed by atoms with E-state index in [0.717, 1.165) is 11.8 Å². The Morgan fingerprint density at radius 3 is 2.46 bits per heavy atom. The van der Waals surface area contributed by atoms with Gasteiger partial charge >= 0.3 is 5.97 Å². The third kappa shape index (κ3) is 2.34. The summed E-state index contributed by atoms with van der Waals surface area (Å²) in [6.45, 7) is 0.979. The van der Waals surface area contributed by atoms with E-state index in [9.17, 15) is 15.0 Å². The minimum atomic E-state index is -1.12. The molecule has 1 aliphatic heterocycles. The first-order chi connectivity index (χ1) is 6.06. The van der Waals surface area contributed by atoms with Crippen LogP contribution in [0.5, 0.6) is 0 Å². The predicted molar refractivity (Wildman–Crippen MR) is 46.0 cm³/mol. The highest BCUT2D eigenvalue weighted by molar-refractivity contribution is 8.00. The number of hydrogen-bond acceptors (Lipinski definition) is 6. The summed E-state index contributed by atoms with van der Waals surface area (Å²) in [4.78, 5) is 10.6. The van der Waals surface area contributed by atoms with Crippen LogP contribution in [0, 0.1) is 0 Å². The standard InChI is InChI=1S/C7H12O5S/c1-3(9)12-7-6(11)5(10)4(2-8)13-7/h4-8,10-11H,2H2,1H3/t4-,5+,6-,7?/m0/s1. The summed E-state index contributed by atoms with van der Waals surface area (Å²) in [6.07, 6.45) is -2.16. The molecule has 1 heterocycles. The van der Waals surface area contributed by atoms with Crippen LogP contribution in [0.4, 0.5) is 0 Å². The van der Waals surface area contributed by atoms with E-state index in [1.807, 2.05) is 0 Å². The number of ether oxygens (including phenoxy) is 1. The fourth-order valence-electron chi connectivity index (χ4n) is 1.13. The van der Waals surface area contributed by atoms with Crippen LogP contribution in [0.2, 0.25) is 0 Å². The van der Waals surface area contributed by atoms with Gasteiger partial charge in [-0.3, -0.25) is 4.79 Å². The van der Waals surface area contributed by atoms with E-state index < -0.39 is 28.9 Å². The summed E-state index contributed by atoms with van der Waals surface area (Å²) in [7, 11) is 0. The van der Waals surface area contributed by atoms with E-state index in [0.29, 0.717) is 0 Å². The zero-order valence-electron chi connectivity index (χ0n) is 7.08. The maximum atomic E-state index is 10.6. The van der Waals surface area contributed by atoms with Gasteiger partial charge in [0.1, 0.15) is 6.10 Å². The Bertz CT molecular complexity index is 197. The van der Waals surface area contributed by atoms with Crippen molar-refractivity contribution in [3.63, 3.8) is 0 Å². The lowest BCUT2D eigenvalue weighted by atomic mass is 10.1. The molecule has 0 bridgehead atoms. The zero-order chi connectivity index (χ0) is 10.0. The van der Waals surface area contributed by atoms with Gasteiger partial charge in [-0.25, -0.2) is 0 Å². The van der Waals surface area contributed by atoms with Gasteiger partial charge in [-0.15, -0.1) is 11.8 Å². The average molecular weight is 208 g/mol. The smallest absolute Gasteiger partial charge is 0.303 e. The predicted octanol–water partition coefficient (Wildman–Crippen LogP) is -1.29. The van der Waals surface area contributed by atoms with E-state index >= 15 is 0 Å². The van der Waals surface area contributed by atoms with Crippen LogP contribution in [-0.4, -0.2) is 50.8 Å². The number of thioether (sulfide) groups is 1. The van der Waals surface area contributed by atoms with Crippen LogP contribution in [-0.2, 0) is 9.53 Å². The number of esters is 1. The Hall–Kier alpha value is -0.300. The molecule has 0 amide bonds. The van der Waals surface area contributed by atoms with E-state index in [4.69, 9.17) is 9.84 Å². The van der Waals surface area contributed by atoms with Crippen molar-refractivity contribution in [1.29, 1.82) is 0 Å². The molecule has 13 heavy (non-hydrogen) atoms. The van der Waals surface area contributed by atoms with Crippen molar-refractivity contribution in [3.05, 3.63) is 0 Å². The van der Waals surface area contributed by atoms with Gasteiger partial charge in [0, 0.05) is 6.92 Å². The second-order valence-corrected chi connectivity index (χ2v) is 4.16. The third-order valence-electron chi connectivity index (χ3n) is 1.78. The zero-order valence-corrected chi connectivity index (χ0v) is 7.90. The highest BCUT2D eigenvalue weighted by Crippen LogP contribution is 2.34. The Labute approximate surface area is 79.7 Å². The summed E-state index contributed by atoms with van der Waals surface area (Å²) in [5.74, 6) is -0.512. The monoisotopic (exact) mass is 208 g/mol. The molecular formula is C7H12O5S. The molecule has 0 aliphatic carbocycles. The third-order valence-corrected chi connectivity index (χ3v) is 3.20. The summed E-state index contributed by atoms with van der Waals surface area (Å²) in [5.41, 5.74) is -0.773. The lowest BCUT2D eigenvalue weighted by molar-refractivity contribution is -0.147. The number of carbonyl (C=O) groups excluding carboxylic acids is 1. The van der Waals surface area contributed by atoms with Crippen LogP contribution in [0.3, 0.4) is 0 Å². The molecule has 76 valence electrons. The van der Waals surface area contributed by atoms with Crippen LogP contribution in [0.25, 0.3) is 0 Å². The van der Waals surface area contributed by atoms with Crippen LogP contribution in [0.1, 0.15) is 6.92 Å². The molecular weight excluding hydrogens is 196 g/mol. The molecule has 0 aromatic heterocycles. The fraction of sp³-hybridized carbons (Fsp3) is 0.857. The molecule has 6 heteroatoms. The quantitative estimate of drug-likeness (QED) is 0.489. The summed E-state index contributed by atoms with van der Waals surface area (Å²) in [5, 5.41) is 27.0. The topological polar surface area (TPSA) is 87.0 Å². The van der Waals surface area contributed by atoms with Gasteiger partial charge in [-0.1, -0.05) is 0 Å². The Kier molecular flexibility index (Phi) is 3.55. The molecule has 1 unspecified atom stereocenters. The van der Waals surface area contributed by atoms with Gasteiger partial charge < -0.3 is 20.1 Å². The second kappa shape index (κ2) is 4.28. The summed E-state index contributed by atoms with van der Waals surface area (Å²) in [6, 6.07) is 0. The van der Waals surface area contributed by atoms with E-state index in [2.05, 4.69) is 0 Å². The van der Waals surface area contributed by atoms with Gasteiger partial charge in [0.25, 0.3) is 0 Å². The molecule has 0 spiro atoms. The largest absolute Gasteiger partial charge is 0.449 e. The first kappa shape index (κ1) is 10.8. The molecule has 0 aromatic carbocycles. The minimum Gasteiger partial charge on any atom is -0.449 e. The highest BCUT2D eigenvalue weighted by Gasteiger charge is 2.43. The van der Waals surface area contributed by atoms with Crippen molar-refractivity contribution in [2.45, 2.75) is 29.8 Å². The lowest BCUT2D eigenvalue weighted by Gasteiger charge is -2.14. The van der Waals surface area contributed by atoms with Crippen molar-refractivity contribution < 1.29 is 24.9 Å². The molecule has 1 fully saturated rings. The van der Waals surface area contributed by atoms with Crippen molar-refractivity contribution in [3.8, 4) is 0 Å². The van der Waals surface area contributed by atoms with Crippen LogP contribution >= 0.6 is 11.8 Å². The van der Waals surface area contributed by atoms with Gasteiger partial charge in [0.2, 0.25) is 0 Å². The molecule has 5 nitrogen and oxygen atoms in total. The number of aliphatic hydroxyl groups is 3. The summed E-state index contributed by atoms with van der Waals surface area (Å²) < 4.78 is 4.73. The molecule has 4 atom stereocenters. The van der Waals surface area contributed by atoms with Crippen LogP contribution in [0.15, 0.2) is 0 Å². The maximum Gasteiger partial charge on any atom is 0.303 e. The first-order valence-electron chi connectivity index (χ1n) is 3.86. The van der Waals surface area contributed by atoms with Gasteiger partial charge in [0.05, 0.1) is 18.0 Å². The molecule has 3 N–H and O–H groups in total. The molecule has 1 rings (SSSR count). The number of hydrogen-bond donors (Lipinski definition) is 3. The van der Waals surface area contributed by atoms with Gasteiger partial charge in [-0.05, 0) is 0 Å². The molecule has 0 saturated carbocycles. The SMILES string of the molecule is CC(=O)OC1S[C@@H](CO)[C@@H](O)[C@@H]1O. The van der Waals surface area contributed by atoms with E-state index in [-0.39, 0.29) is 6.61 Å². The summed E-state index contributed by atoms with van der Waals surface area (Å²) >= 11 is 1.06. The average Bonchev–Trinajstić information content (AvgIpc) is 2.32. The second-order valence-electron chi connectivity index (χ2n) is 2.82. The number of rotatable bonds is 2. The molecule has 1 saturated heterocycles. The molecule has 0 aromatic rings. The van der Waals surface area contributed by atoms with Crippen LogP contribution < -0.4 is 0 Å². The number of aliphatic hydroxyl groups excluding tert-OH is 3. The van der Waals surface area contributed by atoms with E-state index in [1.54, 1.807) is 0 Å². The Balaban J connectivity index is 2.55. The van der Waals surface area contributed by atoms with Gasteiger partial charge in [-0.2, -0.15) is 0 Å². The lowest BCUT2D eigenvalue weighted by Crippen LogP contribution is -2.35. The molecule has 0 radical (unpaired) electrons. The normalized spacial score (nSPS) is 39.1. The van der Waals surface area contributed by atoms with Crippen molar-refractivity contribution >= 4 is 17.7 Å². The highest BCUT2D eigenvalue weighted by atomic mass is 32.2. The Morgan fingerprint density at radius 1 is 1.46 bits per heavy atom. The maximum absolute atomic E-state index is 10.6. The van der Waals surface area contributed by atoms with Crippen molar-refractivity contribution in [2.75, 3.05) is 6.61 Å². The first-order valence-corrected chi connectivity index (χ1v) is 4.80.